The molecule has 1 aliphatic rings. The van der Waals surface area contributed by atoms with Crippen LogP contribution in [-0.2, 0) is 6.54 Å². The Morgan fingerprint density at radius 2 is 1.76 bits per heavy atom. The largest absolute Gasteiger partial charge is 0.493 e. The Bertz CT molecular complexity index is 1800. The summed E-state index contributed by atoms with van der Waals surface area (Å²) in [5, 5.41) is 6.03. The van der Waals surface area contributed by atoms with Gasteiger partial charge in [0, 0.05) is 16.5 Å². The van der Waals surface area contributed by atoms with Crippen molar-refractivity contribution < 1.29 is 28.3 Å². The van der Waals surface area contributed by atoms with E-state index in [2.05, 4.69) is 10.5 Å². The fraction of sp³-hybridized carbons (Fsp3) is 0.0625. The summed E-state index contributed by atoms with van der Waals surface area (Å²) in [5.74, 6) is -0.479. The molecule has 5 aromatic rings. The number of ether oxygens (including phenoxy) is 2. The molecule has 2 heterocycles. The van der Waals surface area contributed by atoms with Crippen LogP contribution in [0.4, 0.5) is 5.69 Å². The SMILES string of the molecule is COc1cc(/C=N/NC(=O)c2ccc(CN3C(=O)c4cccc5cccc3c45)cc2)ccc1OC(=O)c1ccco1. The average Bonchev–Trinajstić information content (AvgIpc) is 3.63. The molecule has 202 valence electrons. The van der Waals surface area contributed by atoms with Gasteiger partial charge in [0.1, 0.15) is 0 Å². The van der Waals surface area contributed by atoms with Crippen molar-refractivity contribution in [1.82, 2.24) is 5.43 Å². The number of hydrogen-bond acceptors (Lipinski definition) is 7. The van der Waals surface area contributed by atoms with Crippen LogP contribution in [0.3, 0.4) is 0 Å². The minimum Gasteiger partial charge on any atom is -0.493 e. The number of carbonyl (C=O) groups is 3. The van der Waals surface area contributed by atoms with Gasteiger partial charge in [-0.15, -0.1) is 0 Å². The fourth-order valence-corrected chi connectivity index (χ4v) is 4.70. The molecule has 9 nitrogen and oxygen atoms in total. The van der Waals surface area contributed by atoms with E-state index in [9.17, 15) is 14.4 Å². The molecular weight excluding hydrogens is 522 g/mol. The number of methoxy groups -OCH3 is 1. The number of carbonyl (C=O) groups excluding carboxylic acids is 3. The maximum Gasteiger partial charge on any atom is 0.379 e. The average molecular weight is 546 g/mol. The first kappa shape index (κ1) is 25.6. The molecule has 0 fully saturated rings. The molecule has 0 radical (unpaired) electrons. The summed E-state index contributed by atoms with van der Waals surface area (Å²) in [4.78, 5) is 39.6. The maximum atomic E-state index is 13.1. The van der Waals surface area contributed by atoms with E-state index >= 15 is 0 Å². The topological polar surface area (TPSA) is 110 Å². The molecule has 0 aliphatic carbocycles. The van der Waals surface area contributed by atoms with Crippen molar-refractivity contribution in [3.05, 3.63) is 125 Å². The van der Waals surface area contributed by atoms with Crippen molar-refractivity contribution in [3.8, 4) is 11.5 Å². The van der Waals surface area contributed by atoms with E-state index in [-0.39, 0.29) is 17.4 Å². The molecule has 0 atom stereocenters. The Labute approximate surface area is 234 Å². The summed E-state index contributed by atoms with van der Waals surface area (Å²) >= 11 is 0. The highest BCUT2D eigenvalue weighted by atomic mass is 16.6. The Hall–Kier alpha value is -5.70. The predicted octanol–water partition coefficient (Wildman–Crippen LogP) is 5.58. The van der Waals surface area contributed by atoms with Crippen molar-refractivity contribution in [3.63, 3.8) is 0 Å². The van der Waals surface area contributed by atoms with Crippen molar-refractivity contribution in [1.29, 1.82) is 0 Å². The molecule has 0 unspecified atom stereocenters. The highest BCUT2D eigenvalue weighted by Gasteiger charge is 2.29. The lowest BCUT2D eigenvalue weighted by atomic mass is 10.1. The van der Waals surface area contributed by atoms with Crippen LogP contribution < -0.4 is 19.8 Å². The van der Waals surface area contributed by atoms with E-state index in [0.717, 1.165) is 22.0 Å². The van der Waals surface area contributed by atoms with Crippen molar-refractivity contribution in [2.45, 2.75) is 6.54 Å². The monoisotopic (exact) mass is 545 g/mol. The molecule has 41 heavy (non-hydrogen) atoms. The van der Waals surface area contributed by atoms with Gasteiger partial charge in [-0.05, 0) is 71.1 Å². The Kier molecular flexibility index (Phi) is 6.75. The van der Waals surface area contributed by atoms with Crippen molar-refractivity contribution in [2.24, 2.45) is 5.10 Å². The van der Waals surface area contributed by atoms with Gasteiger partial charge >= 0.3 is 5.97 Å². The second-order valence-electron chi connectivity index (χ2n) is 9.25. The number of nitrogens with one attached hydrogen (secondary N) is 1. The van der Waals surface area contributed by atoms with Crippen LogP contribution in [0.2, 0.25) is 0 Å². The summed E-state index contributed by atoms with van der Waals surface area (Å²) in [6, 6.07) is 26.6. The summed E-state index contributed by atoms with van der Waals surface area (Å²) < 4.78 is 15.7. The first-order valence-corrected chi connectivity index (χ1v) is 12.7. The maximum absolute atomic E-state index is 13.1. The van der Waals surface area contributed by atoms with E-state index in [1.165, 1.54) is 25.7 Å². The minimum atomic E-state index is -0.650. The van der Waals surface area contributed by atoms with Gasteiger partial charge in [-0.2, -0.15) is 5.10 Å². The normalized spacial score (nSPS) is 12.2. The highest BCUT2D eigenvalue weighted by molar-refractivity contribution is 6.24. The lowest BCUT2D eigenvalue weighted by Crippen LogP contribution is -2.26. The number of hydrogen-bond donors (Lipinski definition) is 1. The summed E-state index contributed by atoms with van der Waals surface area (Å²) in [6.07, 6.45) is 2.83. The van der Waals surface area contributed by atoms with Gasteiger partial charge in [0.2, 0.25) is 5.76 Å². The zero-order valence-electron chi connectivity index (χ0n) is 21.9. The molecule has 0 bridgehead atoms. The Morgan fingerprint density at radius 3 is 2.51 bits per heavy atom. The highest BCUT2D eigenvalue weighted by Crippen LogP contribution is 2.38. The quantitative estimate of drug-likeness (QED) is 0.118. The Morgan fingerprint density at radius 1 is 0.951 bits per heavy atom. The van der Waals surface area contributed by atoms with Gasteiger partial charge in [-0.25, -0.2) is 10.2 Å². The second-order valence-corrected chi connectivity index (χ2v) is 9.25. The number of rotatable bonds is 8. The van der Waals surface area contributed by atoms with E-state index in [1.807, 2.05) is 48.5 Å². The van der Waals surface area contributed by atoms with E-state index < -0.39 is 11.9 Å². The lowest BCUT2D eigenvalue weighted by molar-refractivity contribution is 0.0696. The standard InChI is InChI=1S/C32H23N3O6/c1-39-28-17-21(12-15-26(28)41-32(38)27-9-4-16-40-27)18-33-34-30(36)23-13-10-20(11-14-23)19-35-25-8-3-6-22-5-2-7-24(29(22)25)31(35)37/h2-18H,19H2,1H3,(H,34,36)/b33-18+. The molecule has 1 aromatic heterocycles. The molecule has 9 heteroatoms. The number of anilines is 1. The van der Waals surface area contributed by atoms with Crippen molar-refractivity contribution in [2.75, 3.05) is 12.0 Å². The number of amides is 2. The third-order valence-corrected chi connectivity index (χ3v) is 6.70. The van der Waals surface area contributed by atoms with E-state index in [4.69, 9.17) is 13.9 Å². The molecule has 1 aliphatic heterocycles. The molecule has 0 saturated heterocycles. The van der Waals surface area contributed by atoms with Crippen LogP contribution in [0.15, 0.2) is 107 Å². The van der Waals surface area contributed by atoms with Gasteiger partial charge in [-0.1, -0.05) is 36.4 Å². The van der Waals surface area contributed by atoms with Crippen LogP contribution in [0.5, 0.6) is 11.5 Å². The van der Waals surface area contributed by atoms with Crippen LogP contribution in [0.25, 0.3) is 10.8 Å². The number of esters is 1. The minimum absolute atomic E-state index is 0.0340. The molecule has 2 amide bonds. The number of benzene rings is 4. The van der Waals surface area contributed by atoms with Gasteiger partial charge in [0.05, 0.1) is 31.8 Å². The smallest absolute Gasteiger partial charge is 0.379 e. The lowest BCUT2D eigenvalue weighted by Gasteiger charge is -2.18. The molecule has 0 saturated carbocycles. The number of nitrogens with zero attached hydrogens (tertiary/aromatic N) is 2. The molecule has 4 aromatic carbocycles. The van der Waals surface area contributed by atoms with Crippen LogP contribution in [-0.4, -0.2) is 31.1 Å². The van der Waals surface area contributed by atoms with E-state index in [0.29, 0.717) is 29.0 Å². The third-order valence-electron chi connectivity index (χ3n) is 6.70. The zero-order valence-corrected chi connectivity index (χ0v) is 21.9. The van der Waals surface area contributed by atoms with Crippen LogP contribution in [0.1, 0.15) is 42.4 Å². The molecule has 0 spiro atoms. The van der Waals surface area contributed by atoms with Gasteiger partial charge in [0.15, 0.2) is 11.5 Å². The summed E-state index contributed by atoms with van der Waals surface area (Å²) in [6.45, 7) is 0.390. The van der Waals surface area contributed by atoms with Crippen LogP contribution in [0, 0.1) is 0 Å². The molecular formula is C32H23N3O6. The second kappa shape index (κ2) is 10.8. The number of furan rings is 1. The third kappa shape index (κ3) is 5.04. The van der Waals surface area contributed by atoms with Gasteiger partial charge in [-0.3, -0.25) is 9.59 Å². The fourth-order valence-electron chi connectivity index (χ4n) is 4.70. The first-order valence-electron chi connectivity index (χ1n) is 12.7. The summed E-state index contributed by atoms with van der Waals surface area (Å²) in [7, 11) is 1.45. The first-order chi connectivity index (χ1) is 20.0. The van der Waals surface area contributed by atoms with Crippen LogP contribution >= 0.6 is 0 Å². The zero-order chi connectivity index (χ0) is 28.3. The van der Waals surface area contributed by atoms with Gasteiger partial charge < -0.3 is 18.8 Å². The summed E-state index contributed by atoms with van der Waals surface area (Å²) in [5.41, 5.74) is 6.02. The van der Waals surface area contributed by atoms with Crippen molar-refractivity contribution >= 4 is 40.5 Å². The molecule has 1 N–H and O–H groups in total. The number of hydrazone groups is 1. The Balaban J connectivity index is 1.08. The van der Waals surface area contributed by atoms with E-state index in [1.54, 1.807) is 41.3 Å². The predicted molar refractivity (Wildman–Crippen MR) is 153 cm³/mol. The van der Waals surface area contributed by atoms with Gasteiger partial charge in [0.25, 0.3) is 11.8 Å². The molecule has 6 rings (SSSR count).